The van der Waals surface area contributed by atoms with Crippen molar-refractivity contribution in [2.45, 2.75) is 40.0 Å². The molecular weight excluding hydrogens is 410 g/mol. The number of amides is 1. The van der Waals surface area contributed by atoms with E-state index in [1.54, 1.807) is 34.9 Å². The van der Waals surface area contributed by atoms with Crippen LogP contribution in [0.2, 0.25) is 0 Å². The van der Waals surface area contributed by atoms with Crippen LogP contribution in [-0.2, 0) is 17.9 Å². The monoisotopic (exact) mass is 431 g/mol. The number of nitrogens with zero attached hydrogens (tertiary/aromatic N) is 4. The van der Waals surface area contributed by atoms with E-state index >= 15 is 0 Å². The van der Waals surface area contributed by atoms with Gasteiger partial charge in [0.1, 0.15) is 11.8 Å². The molecule has 0 saturated heterocycles. The summed E-state index contributed by atoms with van der Waals surface area (Å²) in [7, 11) is 0. The van der Waals surface area contributed by atoms with Gasteiger partial charge in [0.2, 0.25) is 5.91 Å². The van der Waals surface area contributed by atoms with Crippen molar-refractivity contribution in [1.82, 2.24) is 19.6 Å². The Morgan fingerprint density at radius 3 is 2.67 bits per heavy atom. The fraction of sp³-hybridized carbons (Fsp3) is 0.316. The van der Waals surface area contributed by atoms with E-state index < -0.39 is 6.04 Å². The third kappa shape index (κ3) is 4.77. The molecule has 1 N–H and O–H groups in total. The minimum absolute atomic E-state index is 0.166. The summed E-state index contributed by atoms with van der Waals surface area (Å²) >= 11 is 3.41. The number of anilines is 1. The minimum Gasteiger partial charge on any atom is -0.471 e. The Balaban J connectivity index is 1.55. The molecule has 27 heavy (non-hydrogen) atoms. The number of carbonyl (C=O) groups is 1. The predicted octanol–water partition coefficient (Wildman–Crippen LogP) is 3.95. The molecule has 1 atom stereocenters. The maximum Gasteiger partial charge on any atom is 0.249 e. The van der Waals surface area contributed by atoms with E-state index in [4.69, 9.17) is 4.74 Å². The van der Waals surface area contributed by atoms with Crippen molar-refractivity contribution >= 4 is 27.5 Å². The number of hydrogen-bond acceptors (Lipinski definition) is 4. The van der Waals surface area contributed by atoms with E-state index in [1.165, 1.54) is 5.56 Å². The molecule has 0 fully saturated rings. The Morgan fingerprint density at radius 2 is 2.04 bits per heavy atom. The van der Waals surface area contributed by atoms with E-state index in [0.717, 1.165) is 22.3 Å². The molecule has 1 amide bonds. The van der Waals surface area contributed by atoms with Crippen molar-refractivity contribution in [3.8, 4) is 5.75 Å². The lowest BCUT2D eigenvalue weighted by Gasteiger charge is -2.11. The highest BCUT2D eigenvalue weighted by Gasteiger charge is 2.17. The quantitative estimate of drug-likeness (QED) is 0.614. The summed E-state index contributed by atoms with van der Waals surface area (Å²) in [5, 5.41) is 11.4. The van der Waals surface area contributed by atoms with Crippen molar-refractivity contribution in [2.75, 3.05) is 5.32 Å². The summed E-state index contributed by atoms with van der Waals surface area (Å²) in [6.45, 7) is 6.05. The molecule has 3 aromatic rings. The zero-order chi connectivity index (χ0) is 19.4. The Kier molecular flexibility index (Phi) is 5.95. The van der Waals surface area contributed by atoms with Crippen LogP contribution in [0.4, 0.5) is 5.69 Å². The van der Waals surface area contributed by atoms with Crippen molar-refractivity contribution in [1.29, 1.82) is 0 Å². The number of ether oxygens (including phenoxy) is 1. The maximum atomic E-state index is 12.4. The van der Waals surface area contributed by atoms with Crippen molar-refractivity contribution < 1.29 is 9.53 Å². The normalized spacial score (nSPS) is 12.0. The summed E-state index contributed by atoms with van der Waals surface area (Å²) in [4.78, 5) is 12.4. The van der Waals surface area contributed by atoms with Crippen LogP contribution in [0.5, 0.6) is 5.75 Å². The lowest BCUT2D eigenvalue weighted by atomic mass is 10.2. The molecule has 3 rings (SSSR count). The summed E-state index contributed by atoms with van der Waals surface area (Å²) < 4.78 is 9.84. The highest BCUT2D eigenvalue weighted by molar-refractivity contribution is 9.10. The average Bonchev–Trinajstić information content (AvgIpc) is 3.26. The van der Waals surface area contributed by atoms with Gasteiger partial charge >= 0.3 is 0 Å². The molecule has 7 nitrogen and oxygen atoms in total. The lowest BCUT2D eigenvalue weighted by molar-refractivity contribution is -0.119. The van der Waals surface area contributed by atoms with E-state index in [0.29, 0.717) is 5.69 Å². The van der Waals surface area contributed by atoms with Gasteiger partial charge in [0.25, 0.3) is 0 Å². The molecule has 8 heteroatoms. The summed E-state index contributed by atoms with van der Waals surface area (Å²) in [6, 6.07) is 7.53. The van der Waals surface area contributed by atoms with Gasteiger partial charge in [-0.1, -0.05) is 19.1 Å². The van der Waals surface area contributed by atoms with Crippen LogP contribution in [0.3, 0.4) is 0 Å². The first-order valence-corrected chi connectivity index (χ1v) is 9.52. The molecule has 2 aromatic heterocycles. The number of halogens is 1. The molecule has 1 aromatic carbocycles. The molecular formula is C19H22BrN5O2. The molecule has 0 bridgehead atoms. The molecule has 0 aliphatic rings. The zero-order valence-corrected chi connectivity index (χ0v) is 17.1. The number of hydrogen-bond donors (Lipinski definition) is 1. The number of benzene rings is 1. The van der Waals surface area contributed by atoms with Gasteiger partial charge in [-0.25, -0.2) is 4.68 Å². The van der Waals surface area contributed by atoms with Gasteiger partial charge in [-0.15, -0.1) is 0 Å². The highest BCUT2D eigenvalue weighted by Crippen LogP contribution is 2.18. The van der Waals surface area contributed by atoms with E-state index in [9.17, 15) is 4.79 Å². The van der Waals surface area contributed by atoms with Gasteiger partial charge in [0.05, 0.1) is 28.2 Å². The number of aryl methyl sites for hydroxylation is 2. The molecule has 0 spiro atoms. The van der Waals surface area contributed by atoms with Crippen molar-refractivity contribution in [3.05, 3.63) is 58.6 Å². The number of nitrogens with one attached hydrogen (secondary N) is 1. The van der Waals surface area contributed by atoms with Crippen LogP contribution in [0.15, 0.2) is 47.3 Å². The van der Waals surface area contributed by atoms with Gasteiger partial charge in [0, 0.05) is 6.20 Å². The second-order valence-electron chi connectivity index (χ2n) is 6.25. The number of rotatable bonds is 7. The molecule has 0 saturated carbocycles. The smallest absolute Gasteiger partial charge is 0.249 e. The third-order valence-electron chi connectivity index (χ3n) is 4.23. The predicted molar refractivity (Wildman–Crippen MR) is 107 cm³/mol. The Bertz CT molecular complexity index is 897. The topological polar surface area (TPSA) is 74.0 Å². The van der Waals surface area contributed by atoms with Crippen LogP contribution in [0, 0.1) is 6.92 Å². The molecule has 0 radical (unpaired) electrons. The Hall–Kier alpha value is -2.61. The fourth-order valence-electron chi connectivity index (χ4n) is 2.49. The SMILES string of the molecule is CCc1ccc(OCn2cc(NC(=O)C(C)n3cc(Br)c(C)n3)cn2)cc1. The first-order chi connectivity index (χ1) is 13.0. The van der Waals surface area contributed by atoms with E-state index in [2.05, 4.69) is 38.4 Å². The summed E-state index contributed by atoms with van der Waals surface area (Å²) in [6.07, 6.45) is 6.12. The van der Waals surface area contributed by atoms with Crippen molar-refractivity contribution in [3.63, 3.8) is 0 Å². The summed E-state index contributed by atoms with van der Waals surface area (Å²) in [5.74, 6) is 0.613. The van der Waals surface area contributed by atoms with Crippen LogP contribution in [0.1, 0.15) is 31.1 Å². The Labute approximate surface area is 166 Å². The Morgan fingerprint density at radius 1 is 1.30 bits per heavy atom. The first-order valence-electron chi connectivity index (χ1n) is 8.72. The zero-order valence-electron chi connectivity index (χ0n) is 15.5. The standard InChI is InChI=1S/C19H22BrN5O2/c1-4-15-5-7-17(8-6-15)27-12-24-10-16(9-21-24)22-19(26)14(3)25-11-18(20)13(2)23-25/h5-11,14H,4,12H2,1-3H3,(H,22,26). The van der Waals surface area contributed by atoms with Gasteiger partial charge in [0.15, 0.2) is 6.73 Å². The average molecular weight is 432 g/mol. The molecule has 142 valence electrons. The summed E-state index contributed by atoms with van der Waals surface area (Å²) in [5.41, 5.74) is 2.71. The molecule has 2 heterocycles. The third-order valence-corrected chi connectivity index (χ3v) is 5.01. The van der Waals surface area contributed by atoms with Crippen LogP contribution in [0.25, 0.3) is 0 Å². The molecule has 1 unspecified atom stereocenters. The lowest BCUT2D eigenvalue weighted by Crippen LogP contribution is -2.24. The van der Waals surface area contributed by atoms with Gasteiger partial charge in [-0.2, -0.15) is 10.2 Å². The van der Waals surface area contributed by atoms with Crippen molar-refractivity contribution in [2.24, 2.45) is 0 Å². The minimum atomic E-state index is -0.438. The highest BCUT2D eigenvalue weighted by atomic mass is 79.9. The van der Waals surface area contributed by atoms with Gasteiger partial charge in [-0.05, 0) is 53.9 Å². The van der Waals surface area contributed by atoms with E-state index in [1.807, 2.05) is 31.2 Å². The van der Waals surface area contributed by atoms with Crippen LogP contribution < -0.4 is 10.1 Å². The van der Waals surface area contributed by atoms with Gasteiger partial charge < -0.3 is 10.1 Å². The molecule has 0 aliphatic heterocycles. The largest absolute Gasteiger partial charge is 0.471 e. The number of carbonyl (C=O) groups excluding carboxylic acids is 1. The second kappa shape index (κ2) is 8.39. The molecule has 0 aliphatic carbocycles. The van der Waals surface area contributed by atoms with Gasteiger partial charge in [-0.3, -0.25) is 9.48 Å². The van der Waals surface area contributed by atoms with E-state index in [-0.39, 0.29) is 12.6 Å². The van der Waals surface area contributed by atoms with Crippen LogP contribution >= 0.6 is 15.9 Å². The maximum absolute atomic E-state index is 12.4. The van der Waals surface area contributed by atoms with Crippen LogP contribution in [-0.4, -0.2) is 25.5 Å². The fourth-order valence-corrected chi connectivity index (χ4v) is 2.77. The number of aromatic nitrogens is 4. The first kappa shape index (κ1) is 19.2. The second-order valence-corrected chi connectivity index (χ2v) is 7.10.